The third-order valence-electron chi connectivity index (χ3n) is 1.90. The Bertz CT molecular complexity index is 387. The summed E-state index contributed by atoms with van der Waals surface area (Å²) in [6.07, 6.45) is 5.12. The van der Waals surface area contributed by atoms with E-state index in [-0.39, 0.29) is 5.91 Å². The average Bonchev–Trinajstić information content (AvgIpc) is 2.44. The van der Waals surface area contributed by atoms with Crippen molar-refractivity contribution >= 4 is 5.91 Å². The maximum Gasteiger partial charge on any atom is 0.272 e. The molecule has 1 aromatic heterocycles. The van der Waals surface area contributed by atoms with E-state index in [2.05, 4.69) is 11.0 Å². The van der Waals surface area contributed by atoms with Gasteiger partial charge in [0.25, 0.3) is 5.91 Å². The highest BCUT2D eigenvalue weighted by Crippen LogP contribution is 2.04. The summed E-state index contributed by atoms with van der Waals surface area (Å²) in [6, 6.07) is 1.75. The molecule has 0 atom stereocenters. The number of carbonyl (C=O) groups is 1. The van der Waals surface area contributed by atoms with Crippen molar-refractivity contribution in [1.29, 1.82) is 0 Å². The highest BCUT2D eigenvalue weighted by atomic mass is 16.2. The summed E-state index contributed by atoms with van der Waals surface area (Å²) in [4.78, 5) is 13.2. The third-order valence-corrected chi connectivity index (χ3v) is 1.90. The van der Waals surface area contributed by atoms with E-state index in [0.29, 0.717) is 12.2 Å². The van der Waals surface area contributed by atoms with E-state index < -0.39 is 0 Å². The largest absolute Gasteiger partial charge is 0.329 e. The van der Waals surface area contributed by atoms with Crippen molar-refractivity contribution in [1.82, 2.24) is 14.7 Å². The Hall–Kier alpha value is -1.76. The Kier molecular flexibility index (Phi) is 2.92. The second-order valence-corrected chi connectivity index (χ2v) is 3.16. The lowest BCUT2D eigenvalue weighted by Crippen LogP contribution is -2.28. The van der Waals surface area contributed by atoms with E-state index in [0.717, 1.165) is 5.69 Å². The number of hydrogen-bond donors (Lipinski definition) is 0. The zero-order valence-electron chi connectivity index (χ0n) is 8.61. The zero-order valence-corrected chi connectivity index (χ0v) is 8.61. The topological polar surface area (TPSA) is 38.1 Å². The number of aromatic nitrogens is 2. The van der Waals surface area contributed by atoms with E-state index in [9.17, 15) is 4.79 Å². The van der Waals surface area contributed by atoms with E-state index in [1.54, 1.807) is 24.8 Å². The van der Waals surface area contributed by atoms with Crippen LogP contribution < -0.4 is 0 Å². The second-order valence-electron chi connectivity index (χ2n) is 3.16. The highest BCUT2D eigenvalue weighted by molar-refractivity contribution is 5.92. The van der Waals surface area contributed by atoms with Crippen molar-refractivity contribution < 1.29 is 4.79 Å². The van der Waals surface area contributed by atoms with Crippen molar-refractivity contribution in [3.63, 3.8) is 0 Å². The van der Waals surface area contributed by atoms with Gasteiger partial charge in [0.15, 0.2) is 0 Å². The first-order chi connectivity index (χ1) is 6.56. The average molecular weight is 191 g/mol. The molecule has 0 aliphatic carbocycles. The van der Waals surface area contributed by atoms with Gasteiger partial charge in [0.1, 0.15) is 5.69 Å². The van der Waals surface area contributed by atoms with Crippen LogP contribution in [0, 0.1) is 19.3 Å². The van der Waals surface area contributed by atoms with Gasteiger partial charge in [-0.3, -0.25) is 9.48 Å². The first kappa shape index (κ1) is 10.3. The summed E-state index contributed by atoms with van der Waals surface area (Å²) in [7, 11) is 3.41. The molecule has 1 aromatic rings. The SMILES string of the molecule is C#CCN(C)C(=O)c1cc(C)nn1C. The van der Waals surface area contributed by atoms with E-state index in [1.807, 2.05) is 6.92 Å². The first-order valence-electron chi connectivity index (χ1n) is 4.26. The minimum absolute atomic E-state index is 0.106. The van der Waals surface area contributed by atoms with Crippen molar-refractivity contribution in [2.45, 2.75) is 6.92 Å². The molecule has 0 aromatic carbocycles. The predicted molar refractivity (Wildman–Crippen MR) is 53.7 cm³/mol. The maximum absolute atomic E-state index is 11.7. The summed E-state index contributed by atoms with van der Waals surface area (Å²) < 4.78 is 1.56. The van der Waals surface area contributed by atoms with Crippen LogP contribution in [0.3, 0.4) is 0 Å². The summed E-state index contributed by atoms with van der Waals surface area (Å²) in [5.74, 6) is 2.31. The quantitative estimate of drug-likeness (QED) is 0.636. The molecule has 0 saturated carbocycles. The van der Waals surface area contributed by atoms with Crippen LogP contribution >= 0.6 is 0 Å². The Balaban J connectivity index is 2.90. The van der Waals surface area contributed by atoms with Crippen LogP contribution in [0.2, 0.25) is 0 Å². The number of rotatable bonds is 2. The molecule has 0 aliphatic heterocycles. The van der Waals surface area contributed by atoms with Crippen LogP contribution in [0.1, 0.15) is 16.2 Å². The molecule has 0 spiro atoms. The number of carbonyl (C=O) groups excluding carboxylic acids is 1. The molecule has 14 heavy (non-hydrogen) atoms. The Morgan fingerprint density at radius 3 is 2.86 bits per heavy atom. The summed E-state index contributed by atoms with van der Waals surface area (Å²) >= 11 is 0. The summed E-state index contributed by atoms with van der Waals surface area (Å²) in [5, 5.41) is 4.09. The minimum atomic E-state index is -0.106. The molecule has 0 fully saturated rings. The highest BCUT2D eigenvalue weighted by Gasteiger charge is 2.15. The van der Waals surface area contributed by atoms with Crippen LogP contribution in [0.25, 0.3) is 0 Å². The maximum atomic E-state index is 11.7. The third kappa shape index (κ3) is 1.94. The second kappa shape index (κ2) is 3.97. The molecule has 4 heteroatoms. The molecule has 74 valence electrons. The van der Waals surface area contributed by atoms with Gasteiger partial charge in [0.05, 0.1) is 12.2 Å². The van der Waals surface area contributed by atoms with Crippen LogP contribution in [0.15, 0.2) is 6.07 Å². The number of terminal acetylenes is 1. The molecule has 0 unspecified atom stereocenters. The molecule has 0 saturated heterocycles. The monoisotopic (exact) mass is 191 g/mol. The van der Waals surface area contributed by atoms with Gasteiger partial charge in [0, 0.05) is 14.1 Å². The lowest BCUT2D eigenvalue weighted by molar-refractivity contribution is 0.0802. The van der Waals surface area contributed by atoms with E-state index >= 15 is 0 Å². The van der Waals surface area contributed by atoms with Gasteiger partial charge in [0.2, 0.25) is 0 Å². The molecule has 0 aliphatic rings. The van der Waals surface area contributed by atoms with Gasteiger partial charge >= 0.3 is 0 Å². The van der Waals surface area contributed by atoms with Crippen LogP contribution in [0.5, 0.6) is 0 Å². The van der Waals surface area contributed by atoms with E-state index in [1.165, 1.54) is 4.90 Å². The molecule has 0 N–H and O–H groups in total. The Morgan fingerprint density at radius 1 is 1.79 bits per heavy atom. The number of nitrogens with zero attached hydrogens (tertiary/aromatic N) is 3. The van der Waals surface area contributed by atoms with Crippen LogP contribution in [0.4, 0.5) is 0 Å². The lowest BCUT2D eigenvalue weighted by Gasteiger charge is -2.13. The van der Waals surface area contributed by atoms with Gasteiger partial charge in [-0.25, -0.2) is 0 Å². The van der Waals surface area contributed by atoms with Crippen LogP contribution in [-0.2, 0) is 7.05 Å². The van der Waals surface area contributed by atoms with Crippen molar-refractivity contribution in [3.05, 3.63) is 17.5 Å². The minimum Gasteiger partial charge on any atom is -0.329 e. The normalized spacial score (nSPS) is 9.57. The molecule has 1 amide bonds. The predicted octanol–water partition coefficient (Wildman–Crippen LogP) is 0.434. The Morgan fingerprint density at radius 2 is 2.43 bits per heavy atom. The fraction of sp³-hybridized carbons (Fsp3) is 0.400. The van der Waals surface area contributed by atoms with Crippen LogP contribution in [-0.4, -0.2) is 34.2 Å². The zero-order chi connectivity index (χ0) is 10.7. The lowest BCUT2D eigenvalue weighted by atomic mass is 10.3. The van der Waals surface area contributed by atoms with Gasteiger partial charge in [-0.05, 0) is 13.0 Å². The fourth-order valence-electron chi connectivity index (χ4n) is 1.22. The summed E-state index contributed by atoms with van der Waals surface area (Å²) in [6.45, 7) is 2.15. The molecule has 0 bridgehead atoms. The van der Waals surface area contributed by atoms with Crippen molar-refractivity contribution in [2.75, 3.05) is 13.6 Å². The molecular weight excluding hydrogens is 178 g/mol. The summed E-state index contributed by atoms with van der Waals surface area (Å²) in [5.41, 5.74) is 1.38. The number of amides is 1. The van der Waals surface area contributed by atoms with Gasteiger partial charge < -0.3 is 4.90 Å². The molecule has 1 heterocycles. The fourth-order valence-corrected chi connectivity index (χ4v) is 1.22. The van der Waals surface area contributed by atoms with E-state index in [4.69, 9.17) is 6.42 Å². The first-order valence-corrected chi connectivity index (χ1v) is 4.26. The number of hydrogen-bond acceptors (Lipinski definition) is 2. The molecular formula is C10H13N3O. The van der Waals surface area contributed by atoms with Gasteiger partial charge in [-0.2, -0.15) is 5.10 Å². The van der Waals surface area contributed by atoms with Crippen molar-refractivity contribution in [2.24, 2.45) is 7.05 Å². The molecule has 1 rings (SSSR count). The number of aryl methyl sites for hydroxylation is 2. The molecule has 0 radical (unpaired) electrons. The standard InChI is InChI=1S/C10H13N3O/c1-5-6-12(3)10(14)9-7-8(2)11-13(9)4/h1,7H,6H2,2-4H3. The Labute approximate surface area is 83.5 Å². The molecule has 4 nitrogen and oxygen atoms in total. The van der Waals surface area contributed by atoms with Gasteiger partial charge in [-0.1, -0.05) is 5.92 Å². The van der Waals surface area contributed by atoms with Gasteiger partial charge in [-0.15, -0.1) is 6.42 Å². The van der Waals surface area contributed by atoms with Crippen molar-refractivity contribution in [3.8, 4) is 12.3 Å². The smallest absolute Gasteiger partial charge is 0.272 e.